The summed E-state index contributed by atoms with van der Waals surface area (Å²) in [5.41, 5.74) is 0.817. The molecule has 0 saturated carbocycles. The van der Waals surface area contributed by atoms with E-state index in [1.807, 2.05) is 24.5 Å². The van der Waals surface area contributed by atoms with Gasteiger partial charge in [0, 0.05) is 9.37 Å². The molecule has 0 fully saturated rings. The van der Waals surface area contributed by atoms with Crippen LogP contribution in [0.25, 0.3) is 0 Å². The van der Waals surface area contributed by atoms with Crippen LogP contribution in [0.1, 0.15) is 5.56 Å². The first-order chi connectivity index (χ1) is 6.13. The molecule has 2 nitrogen and oxygen atoms in total. The van der Waals surface area contributed by atoms with Gasteiger partial charge in [0.2, 0.25) is 0 Å². The highest BCUT2D eigenvalue weighted by atomic mass is 79.9. The number of hydrogen-bond donors (Lipinski definition) is 1. The monoisotopic (exact) mass is 260 g/mol. The zero-order chi connectivity index (χ0) is 9.84. The number of aliphatic carboxylic acids is 1. The molecule has 0 spiro atoms. The average Bonchev–Trinajstić information content (AvgIpc) is 2.03. The van der Waals surface area contributed by atoms with E-state index in [9.17, 15) is 4.79 Å². The van der Waals surface area contributed by atoms with E-state index in [-0.39, 0.29) is 6.42 Å². The lowest BCUT2D eigenvalue weighted by atomic mass is 10.2. The number of rotatable bonds is 3. The molecule has 0 radical (unpaired) electrons. The Morgan fingerprint density at radius 2 is 2.31 bits per heavy atom. The highest BCUT2D eigenvalue weighted by molar-refractivity contribution is 9.10. The molecule has 0 bridgehead atoms. The van der Waals surface area contributed by atoms with E-state index in [1.54, 1.807) is 11.8 Å². The molecule has 1 rings (SSSR count). The smallest absolute Gasteiger partial charge is 0.307 e. The van der Waals surface area contributed by atoms with Gasteiger partial charge >= 0.3 is 5.97 Å². The van der Waals surface area contributed by atoms with E-state index < -0.39 is 5.97 Å². The van der Waals surface area contributed by atoms with E-state index in [0.717, 1.165) is 14.9 Å². The summed E-state index contributed by atoms with van der Waals surface area (Å²) < 4.78 is 0.957. The lowest BCUT2D eigenvalue weighted by molar-refractivity contribution is -0.136. The molecule has 0 amide bonds. The number of thioether (sulfide) groups is 1. The normalized spacial score (nSPS) is 10.0. The van der Waals surface area contributed by atoms with Crippen LogP contribution in [0.3, 0.4) is 0 Å². The second-order valence-electron chi connectivity index (χ2n) is 2.54. The van der Waals surface area contributed by atoms with Gasteiger partial charge in [0.1, 0.15) is 0 Å². The van der Waals surface area contributed by atoms with Crippen molar-refractivity contribution in [3.8, 4) is 0 Å². The van der Waals surface area contributed by atoms with E-state index in [2.05, 4.69) is 15.9 Å². The van der Waals surface area contributed by atoms with Crippen molar-refractivity contribution in [1.29, 1.82) is 0 Å². The highest BCUT2D eigenvalue weighted by Gasteiger charge is 2.03. The first-order valence-corrected chi connectivity index (χ1v) is 5.69. The van der Waals surface area contributed by atoms with Crippen LogP contribution >= 0.6 is 27.7 Å². The van der Waals surface area contributed by atoms with Crippen molar-refractivity contribution < 1.29 is 9.90 Å². The largest absolute Gasteiger partial charge is 0.481 e. The lowest BCUT2D eigenvalue weighted by Crippen LogP contribution is -1.99. The molecule has 0 atom stereocenters. The molecule has 0 aliphatic carbocycles. The predicted molar refractivity (Wildman–Crippen MR) is 57.3 cm³/mol. The Kier molecular flexibility index (Phi) is 3.81. The summed E-state index contributed by atoms with van der Waals surface area (Å²) >= 11 is 5.01. The Morgan fingerprint density at radius 1 is 1.62 bits per heavy atom. The van der Waals surface area contributed by atoms with Gasteiger partial charge in [0.25, 0.3) is 0 Å². The van der Waals surface area contributed by atoms with Gasteiger partial charge in [0.05, 0.1) is 6.42 Å². The van der Waals surface area contributed by atoms with Gasteiger partial charge in [-0.25, -0.2) is 0 Å². The molecule has 1 aromatic rings. The average molecular weight is 261 g/mol. The summed E-state index contributed by atoms with van der Waals surface area (Å²) in [6, 6.07) is 5.61. The summed E-state index contributed by atoms with van der Waals surface area (Å²) in [7, 11) is 0. The van der Waals surface area contributed by atoms with E-state index in [4.69, 9.17) is 5.11 Å². The molecule has 1 N–H and O–H groups in total. The minimum absolute atomic E-state index is 0.0766. The van der Waals surface area contributed by atoms with Crippen molar-refractivity contribution in [2.75, 3.05) is 6.26 Å². The molecule has 4 heteroatoms. The van der Waals surface area contributed by atoms with Gasteiger partial charge in [-0.3, -0.25) is 4.79 Å². The molecule has 70 valence electrons. The SMILES string of the molecule is CSc1ccc(CC(=O)O)cc1Br. The van der Waals surface area contributed by atoms with Gasteiger partial charge in [-0.05, 0) is 39.9 Å². The third-order valence-corrected chi connectivity index (χ3v) is 3.29. The lowest BCUT2D eigenvalue weighted by Gasteiger charge is -2.02. The van der Waals surface area contributed by atoms with Crippen LogP contribution in [0.15, 0.2) is 27.6 Å². The first-order valence-electron chi connectivity index (χ1n) is 3.67. The number of carbonyl (C=O) groups is 1. The van der Waals surface area contributed by atoms with Crippen molar-refractivity contribution in [2.24, 2.45) is 0 Å². The maximum atomic E-state index is 10.4. The van der Waals surface area contributed by atoms with Crippen LogP contribution in [0, 0.1) is 0 Å². The van der Waals surface area contributed by atoms with Gasteiger partial charge in [-0.2, -0.15) is 0 Å². The Hall–Kier alpha value is -0.480. The second kappa shape index (κ2) is 4.67. The van der Waals surface area contributed by atoms with Crippen LogP contribution in [0.2, 0.25) is 0 Å². The maximum absolute atomic E-state index is 10.4. The topological polar surface area (TPSA) is 37.3 Å². The minimum Gasteiger partial charge on any atom is -0.481 e. The van der Waals surface area contributed by atoms with Crippen LogP contribution in [-0.2, 0) is 11.2 Å². The molecule has 0 saturated heterocycles. The Balaban J connectivity index is 2.89. The molecule has 0 aromatic heterocycles. The van der Waals surface area contributed by atoms with Gasteiger partial charge in [0.15, 0.2) is 0 Å². The van der Waals surface area contributed by atoms with Crippen molar-refractivity contribution in [3.05, 3.63) is 28.2 Å². The molecule has 0 aliphatic rings. The summed E-state index contributed by atoms with van der Waals surface area (Å²) in [6.45, 7) is 0. The fraction of sp³-hybridized carbons (Fsp3) is 0.222. The second-order valence-corrected chi connectivity index (χ2v) is 4.24. The minimum atomic E-state index is -0.802. The molecule has 0 aliphatic heterocycles. The molecule has 0 unspecified atom stereocenters. The van der Waals surface area contributed by atoms with Gasteiger partial charge in [-0.15, -0.1) is 11.8 Å². The number of carboxylic acid groups (broad SMARTS) is 1. The van der Waals surface area contributed by atoms with Crippen molar-refractivity contribution in [2.45, 2.75) is 11.3 Å². The zero-order valence-corrected chi connectivity index (χ0v) is 9.48. The molecule has 1 aromatic carbocycles. The standard InChI is InChI=1S/C9H9BrO2S/c1-13-8-3-2-6(4-7(8)10)5-9(11)12/h2-4H,5H2,1H3,(H,11,12). The molecule has 13 heavy (non-hydrogen) atoms. The quantitative estimate of drug-likeness (QED) is 0.850. The van der Waals surface area contributed by atoms with Crippen molar-refractivity contribution >= 4 is 33.7 Å². The molecular formula is C9H9BrO2S. The van der Waals surface area contributed by atoms with Crippen molar-refractivity contribution in [3.63, 3.8) is 0 Å². The molecule has 0 heterocycles. The zero-order valence-electron chi connectivity index (χ0n) is 7.08. The number of carboxylic acids is 1. The Morgan fingerprint density at radius 3 is 2.77 bits per heavy atom. The van der Waals surface area contributed by atoms with Crippen molar-refractivity contribution in [1.82, 2.24) is 0 Å². The first kappa shape index (κ1) is 10.6. The Labute approximate surface area is 89.5 Å². The number of hydrogen-bond acceptors (Lipinski definition) is 2. The highest BCUT2D eigenvalue weighted by Crippen LogP contribution is 2.26. The Bertz CT molecular complexity index is 325. The fourth-order valence-electron chi connectivity index (χ4n) is 0.994. The van der Waals surface area contributed by atoms with Crippen LogP contribution in [-0.4, -0.2) is 17.3 Å². The van der Waals surface area contributed by atoms with Crippen LogP contribution in [0.5, 0.6) is 0 Å². The van der Waals surface area contributed by atoms with Crippen LogP contribution in [0.4, 0.5) is 0 Å². The van der Waals surface area contributed by atoms with E-state index >= 15 is 0 Å². The number of halogens is 1. The summed E-state index contributed by atoms with van der Waals surface area (Å²) in [6.07, 6.45) is 2.06. The number of benzene rings is 1. The van der Waals surface area contributed by atoms with E-state index in [0.29, 0.717) is 0 Å². The van der Waals surface area contributed by atoms with Gasteiger partial charge in [-0.1, -0.05) is 6.07 Å². The van der Waals surface area contributed by atoms with Crippen LogP contribution < -0.4 is 0 Å². The summed E-state index contributed by atoms with van der Waals surface area (Å²) in [5.74, 6) is -0.802. The maximum Gasteiger partial charge on any atom is 0.307 e. The van der Waals surface area contributed by atoms with Gasteiger partial charge < -0.3 is 5.11 Å². The van der Waals surface area contributed by atoms with E-state index in [1.165, 1.54) is 0 Å². The third kappa shape index (κ3) is 3.04. The summed E-state index contributed by atoms with van der Waals surface area (Å²) in [4.78, 5) is 11.5. The third-order valence-electron chi connectivity index (χ3n) is 1.57. The predicted octanol–water partition coefficient (Wildman–Crippen LogP) is 2.80. The summed E-state index contributed by atoms with van der Waals surface area (Å²) in [5, 5.41) is 8.56. The fourth-order valence-corrected chi connectivity index (χ4v) is 2.36. The molecular weight excluding hydrogens is 252 g/mol.